The van der Waals surface area contributed by atoms with Crippen molar-refractivity contribution >= 4 is 17.9 Å². The van der Waals surface area contributed by atoms with E-state index in [9.17, 15) is 14.4 Å². The van der Waals surface area contributed by atoms with Gasteiger partial charge in [0.25, 0.3) is 0 Å². The average Bonchev–Trinajstić information content (AvgIpc) is 3.50. The molecular formula is C77H138O6. The van der Waals surface area contributed by atoms with E-state index in [1.54, 1.807) is 0 Å². The van der Waals surface area contributed by atoms with Gasteiger partial charge in [0.2, 0.25) is 0 Å². The van der Waals surface area contributed by atoms with Crippen LogP contribution in [0.15, 0.2) is 72.9 Å². The number of esters is 3. The van der Waals surface area contributed by atoms with E-state index in [0.29, 0.717) is 19.3 Å². The Balaban J connectivity index is 4.25. The Morgan fingerprint density at radius 3 is 0.771 bits per heavy atom. The van der Waals surface area contributed by atoms with Crippen molar-refractivity contribution in [1.29, 1.82) is 0 Å². The number of ether oxygens (including phenoxy) is 3. The molecule has 1 atom stereocenters. The maximum absolute atomic E-state index is 13.0. The lowest BCUT2D eigenvalue weighted by atomic mass is 10.0. The summed E-state index contributed by atoms with van der Waals surface area (Å²) < 4.78 is 17.0. The molecule has 0 radical (unpaired) electrons. The van der Waals surface area contributed by atoms with Gasteiger partial charge in [-0.25, -0.2) is 0 Å². The van der Waals surface area contributed by atoms with Crippen LogP contribution in [0, 0.1) is 0 Å². The quantitative estimate of drug-likeness (QED) is 0.0261. The first kappa shape index (κ1) is 79.8. The molecule has 0 fully saturated rings. The minimum absolute atomic E-state index is 0.0758. The van der Waals surface area contributed by atoms with E-state index >= 15 is 0 Å². The third-order valence-electron chi connectivity index (χ3n) is 16.2. The van der Waals surface area contributed by atoms with Crippen molar-refractivity contribution in [2.24, 2.45) is 0 Å². The predicted octanol–water partition coefficient (Wildman–Crippen LogP) is 25.2. The van der Waals surface area contributed by atoms with Crippen LogP contribution >= 0.6 is 0 Å². The molecule has 0 N–H and O–H groups in total. The van der Waals surface area contributed by atoms with Crippen LogP contribution in [0.1, 0.15) is 380 Å². The molecule has 0 heterocycles. The number of rotatable bonds is 67. The summed E-state index contributed by atoms with van der Waals surface area (Å²) in [7, 11) is 0. The molecule has 0 saturated carbocycles. The molecule has 0 aromatic carbocycles. The Labute approximate surface area is 516 Å². The van der Waals surface area contributed by atoms with E-state index in [4.69, 9.17) is 14.2 Å². The van der Waals surface area contributed by atoms with Crippen molar-refractivity contribution in [3.63, 3.8) is 0 Å². The Bertz CT molecular complexity index is 1520. The lowest BCUT2D eigenvalue weighted by Crippen LogP contribution is -2.30. The van der Waals surface area contributed by atoms with E-state index in [0.717, 1.165) is 103 Å². The van der Waals surface area contributed by atoms with Crippen LogP contribution in [0.3, 0.4) is 0 Å². The highest BCUT2D eigenvalue weighted by molar-refractivity contribution is 5.71. The molecule has 0 spiro atoms. The van der Waals surface area contributed by atoms with Gasteiger partial charge in [-0.05, 0) is 83.5 Å². The lowest BCUT2D eigenvalue weighted by molar-refractivity contribution is -0.167. The van der Waals surface area contributed by atoms with Crippen LogP contribution in [0.25, 0.3) is 0 Å². The van der Waals surface area contributed by atoms with Crippen molar-refractivity contribution in [2.75, 3.05) is 13.2 Å². The minimum Gasteiger partial charge on any atom is -0.462 e. The van der Waals surface area contributed by atoms with Gasteiger partial charge in [0.1, 0.15) is 13.2 Å². The fraction of sp³-hybridized carbons (Fsp3) is 0.805. The van der Waals surface area contributed by atoms with Crippen LogP contribution in [0.2, 0.25) is 0 Å². The molecule has 6 nitrogen and oxygen atoms in total. The third-order valence-corrected chi connectivity index (χ3v) is 16.2. The van der Waals surface area contributed by atoms with Gasteiger partial charge >= 0.3 is 17.9 Å². The summed E-state index contributed by atoms with van der Waals surface area (Å²) in [6, 6.07) is 0. The van der Waals surface area contributed by atoms with E-state index in [1.165, 1.54) is 238 Å². The van der Waals surface area contributed by atoms with Gasteiger partial charge in [-0.2, -0.15) is 0 Å². The highest BCUT2D eigenvalue weighted by Gasteiger charge is 2.19. The third kappa shape index (κ3) is 69.5. The van der Waals surface area contributed by atoms with Gasteiger partial charge in [-0.3, -0.25) is 14.4 Å². The number of carbonyl (C=O) groups excluding carboxylic acids is 3. The first-order chi connectivity index (χ1) is 41.0. The normalized spacial score (nSPS) is 12.5. The second-order valence-corrected chi connectivity index (χ2v) is 24.5. The average molecular weight is 1160 g/mol. The molecule has 0 amide bonds. The van der Waals surface area contributed by atoms with Crippen molar-refractivity contribution in [1.82, 2.24) is 0 Å². The number of carbonyl (C=O) groups is 3. The molecule has 1 unspecified atom stereocenters. The fourth-order valence-electron chi connectivity index (χ4n) is 10.7. The molecule has 0 aromatic heterocycles. The first-order valence-electron chi connectivity index (χ1n) is 36.4. The number of hydrogen-bond acceptors (Lipinski definition) is 6. The maximum Gasteiger partial charge on any atom is 0.306 e. The molecule has 482 valence electrons. The van der Waals surface area contributed by atoms with Gasteiger partial charge in [-0.15, -0.1) is 0 Å². The highest BCUT2D eigenvalue weighted by atomic mass is 16.6. The first-order valence-corrected chi connectivity index (χ1v) is 36.4. The van der Waals surface area contributed by atoms with Gasteiger partial charge in [0.05, 0.1) is 0 Å². The topological polar surface area (TPSA) is 78.9 Å². The van der Waals surface area contributed by atoms with Gasteiger partial charge in [0, 0.05) is 19.3 Å². The summed E-state index contributed by atoms with van der Waals surface area (Å²) in [5, 5.41) is 0. The molecule has 0 aliphatic carbocycles. The number of unbranched alkanes of at least 4 members (excludes halogenated alkanes) is 44. The molecule has 83 heavy (non-hydrogen) atoms. The Morgan fingerprint density at radius 2 is 0.482 bits per heavy atom. The molecular weight excluding hydrogens is 1020 g/mol. The summed E-state index contributed by atoms with van der Waals surface area (Å²) in [4.78, 5) is 38.5. The van der Waals surface area contributed by atoms with Gasteiger partial charge in [0.15, 0.2) is 6.10 Å². The van der Waals surface area contributed by atoms with E-state index < -0.39 is 6.10 Å². The van der Waals surface area contributed by atoms with Crippen LogP contribution in [-0.4, -0.2) is 37.2 Å². The van der Waals surface area contributed by atoms with Crippen LogP contribution in [0.5, 0.6) is 0 Å². The second kappa shape index (κ2) is 71.3. The Morgan fingerprint density at radius 1 is 0.253 bits per heavy atom. The van der Waals surface area contributed by atoms with Gasteiger partial charge < -0.3 is 14.2 Å². The number of allylic oxidation sites excluding steroid dienone is 12. The zero-order valence-electron chi connectivity index (χ0n) is 55.5. The summed E-state index contributed by atoms with van der Waals surface area (Å²) in [6.45, 7) is 6.54. The molecule has 0 aliphatic heterocycles. The van der Waals surface area contributed by atoms with E-state index in [2.05, 4.69) is 93.7 Å². The fourth-order valence-corrected chi connectivity index (χ4v) is 10.7. The van der Waals surface area contributed by atoms with Crippen LogP contribution in [0.4, 0.5) is 0 Å². The smallest absolute Gasteiger partial charge is 0.306 e. The zero-order valence-corrected chi connectivity index (χ0v) is 55.5. The molecule has 0 aliphatic rings. The van der Waals surface area contributed by atoms with Gasteiger partial charge in [-0.1, -0.05) is 351 Å². The molecule has 0 rings (SSSR count). The predicted molar refractivity (Wildman–Crippen MR) is 362 cm³/mol. The maximum atomic E-state index is 13.0. The Kier molecular flexibility index (Phi) is 68.6. The largest absolute Gasteiger partial charge is 0.462 e. The zero-order chi connectivity index (χ0) is 59.9. The monoisotopic (exact) mass is 1160 g/mol. The molecule has 6 heteroatoms. The standard InChI is InChI=1S/C77H138O6/c1-4-7-10-13-16-19-22-25-28-30-32-34-36-38-39-40-42-43-45-47-49-52-55-58-61-64-67-70-76(79)82-73-74(72-81-75(78)69-66-63-60-57-54-51-27-24-21-18-15-12-9-6-3)83-77(80)71-68-65-62-59-56-53-50-48-46-44-41-37-35-33-31-29-26-23-20-17-14-11-8-5-2/h7,10,15-16,18-19,24-25,27-28,32,34,74H,4-6,8-9,11-14,17,20-23,26,29-31,33,35-73H2,1-3H3/b10-7-,18-15-,19-16-,27-24-,28-25-,34-32-. The summed E-state index contributed by atoms with van der Waals surface area (Å²) >= 11 is 0. The molecule has 0 aromatic rings. The second-order valence-electron chi connectivity index (χ2n) is 24.5. The lowest BCUT2D eigenvalue weighted by Gasteiger charge is -2.18. The van der Waals surface area contributed by atoms with Crippen molar-refractivity contribution in [3.8, 4) is 0 Å². The van der Waals surface area contributed by atoms with Crippen LogP contribution < -0.4 is 0 Å². The summed E-state index contributed by atoms with van der Waals surface area (Å²) in [5.41, 5.74) is 0. The van der Waals surface area contributed by atoms with Crippen LogP contribution in [-0.2, 0) is 28.6 Å². The van der Waals surface area contributed by atoms with E-state index in [-0.39, 0.29) is 31.1 Å². The molecule has 0 bridgehead atoms. The van der Waals surface area contributed by atoms with E-state index in [1.807, 2.05) is 0 Å². The summed E-state index contributed by atoms with van der Waals surface area (Å²) in [5.74, 6) is -0.866. The minimum atomic E-state index is -0.781. The molecule has 0 saturated heterocycles. The number of hydrogen-bond donors (Lipinski definition) is 0. The Hall–Kier alpha value is -3.15. The van der Waals surface area contributed by atoms with Crippen molar-refractivity contribution in [2.45, 2.75) is 386 Å². The highest BCUT2D eigenvalue weighted by Crippen LogP contribution is 2.18. The SMILES string of the molecule is CC/C=C\C/C=C\C/C=C\C/C=C\CCCCCCCCCCCCCCCCC(=O)OCC(COC(=O)CCCCCCC/C=C\C/C=C\CCCC)OC(=O)CCCCCCCCCCCCCCCCCCCCCCCCCC. The van der Waals surface area contributed by atoms with Crippen molar-refractivity contribution in [3.05, 3.63) is 72.9 Å². The summed E-state index contributed by atoms with van der Waals surface area (Å²) in [6.07, 6.45) is 93.7. The van der Waals surface area contributed by atoms with Crippen molar-refractivity contribution < 1.29 is 28.6 Å².